The zero-order chi connectivity index (χ0) is 13.9. The third-order valence-corrected chi connectivity index (χ3v) is 4.19. The number of rotatable bonds is 4. The van der Waals surface area contributed by atoms with E-state index in [2.05, 4.69) is 41.2 Å². The number of nitrogens with one attached hydrogen (secondary N) is 1. The normalized spacial score (nSPS) is 15.1. The highest BCUT2D eigenvalue weighted by molar-refractivity contribution is 5.63. The zero-order valence-electron chi connectivity index (χ0n) is 11.9. The van der Waals surface area contributed by atoms with Gasteiger partial charge in [0.25, 0.3) is 5.56 Å². The van der Waals surface area contributed by atoms with Gasteiger partial charge in [-0.2, -0.15) is 0 Å². The third-order valence-electron chi connectivity index (χ3n) is 4.19. The van der Waals surface area contributed by atoms with Gasteiger partial charge in [0.15, 0.2) is 0 Å². The third kappa shape index (κ3) is 2.40. The molecule has 2 aromatic rings. The molecular weight excluding hydrogens is 248 g/mol. The average Bonchev–Trinajstić information content (AvgIpc) is 2.40. The summed E-state index contributed by atoms with van der Waals surface area (Å²) in [6.45, 7) is 2.08. The molecule has 20 heavy (non-hydrogen) atoms. The lowest BCUT2D eigenvalue weighted by Crippen LogP contribution is -2.15. The Morgan fingerprint density at radius 3 is 2.90 bits per heavy atom. The lowest BCUT2D eigenvalue weighted by Gasteiger charge is -2.26. The number of hydrogen-bond donors (Lipinski definition) is 1. The Morgan fingerprint density at radius 1 is 1.35 bits per heavy atom. The van der Waals surface area contributed by atoms with Crippen molar-refractivity contribution in [2.45, 2.75) is 44.9 Å². The standard InChI is InChI=1S/C17H20N2O/c1-2-5-15-16(18-11-19-17(15)20)14-9-4-8-13(10-14)12-6-3-7-12/h4,8-12H,2-3,5-7H2,1H3,(H,18,19,20). The smallest absolute Gasteiger partial charge is 0.254 e. The molecule has 1 heterocycles. The maximum absolute atomic E-state index is 12.0. The van der Waals surface area contributed by atoms with E-state index in [1.54, 1.807) is 0 Å². The van der Waals surface area contributed by atoms with Crippen LogP contribution in [0.15, 0.2) is 35.4 Å². The van der Waals surface area contributed by atoms with Gasteiger partial charge >= 0.3 is 0 Å². The first kappa shape index (κ1) is 13.1. The van der Waals surface area contributed by atoms with E-state index in [1.807, 2.05) is 0 Å². The molecule has 1 N–H and O–H groups in total. The monoisotopic (exact) mass is 268 g/mol. The molecule has 0 radical (unpaired) electrons. The van der Waals surface area contributed by atoms with Crippen molar-refractivity contribution in [3.05, 3.63) is 52.1 Å². The van der Waals surface area contributed by atoms with Gasteiger partial charge in [-0.1, -0.05) is 38.0 Å². The Hall–Kier alpha value is -1.90. The van der Waals surface area contributed by atoms with Crippen LogP contribution in [0.1, 0.15) is 49.7 Å². The molecule has 1 fully saturated rings. The van der Waals surface area contributed by atoms with Crippen molar-refractivity contribution in [2.24, 2.45) is 0 Å². The van der Waals surface area contributed by atoms with Gasteiger partial charge in [-0.25, -0.2) is 4.98 Å². The van der Waals surface area contributed by atoms with E-state index >= 15 is 0 Å². The number of aromatic nitrogens is 2. The van der Waals surface area contributed by atoms with Crippen LogP contribution in [0.2, 0.25) is 0 Å². The summed E-state index contributed by atoms with van der Waals surface area (Å²) in [5, 5.41) is 0. The summed E-state index contributed by atoms with van der Waals surface area (Å²) in [6, 6.07) is 8.55. The second-order valence-electron chi connectivity index (χ2n) is 5.56. The van der Waals surface area contributed by atoms with E-state index in [-0.39, 0.29) is 5.56 Å². The van der Waals surface area contributed by atoms with E-state index in [1.165, 1.54) is 31.2 Å². The number of nitrogens with zero attached hydrogens (tertiary/aromatic N) is 1. The van der Waals surface area contributed by atoms with Gasteiger partial charge in [-0.3, -0.25) is 4.79 Å². The largest absolute Gasteiger partial charge is 0.313 e. The first-order chi connectivity index (χ1) is 9.79. The number of hydrogen-bond acceptors (Lipinski definition) is 2. The number of H-pyrrole nitrogens is 1. The molecule has 1 aromatic carbocycles. The summed E-state index contributed by atoms with van der Waals surface area (Å²) < 4.78 is 0. The Morgan fingerprint density at radius 2 is 2.20 bits per heavy atom. The number of aromatic amines is 1. The molecule has 1 aliphatic carbocycles. The van der Waals surface area contributed by atoms with Crippen molar-refractivity contribution in [3.63, 3.8) is 0 Å². The first-order valence-electron chi connectivity index (χ1n) is 7.46. The summed E-state index contributed by atoms with van der Waals surface area (Å²) in [4.78, 5) is 19.1. The van der Waals surface area contributed by atoms with Crippen LogP contribution < -0.4 is 5.56 Å². The summed E-state index contributed by atoms with van der Waals surface area (Å²) in [5.74, 6) is 0.701. The molecule has 0 amide bonds. The van der Waals surface area contributed by atoms with E-state index in [0.29, 0.717) is 5.92 Å². The lowest BCUT2D eigenvalue weighted by molar-refractivity contribution is 0.420. The second-order valence-corrected chi connectivity index (χ2v) is 5.56. The second kappa shape index (κ2) is 5.61. The van der Waals surface area contributed by atoms with Gasteiger partial charge in [0.1, 0.15) is 0 Å². The van der Waals surface area contributed by atoms with Crippen molar-refractivity contribution in [1.29, 1.82) is 0 Å². The van der Waals surface area contributed by atoms with Crippen LogP contribution >= 0.6 is 0 Å². The van der Waals surface area contributed by atoms with Crippen LogP contribution in [0.4, 0.5) is 0 Å². The minimum Gasteiger partial charge on any atom is -0.313 e. The molecule has 0 saturated heterocycles. The Labute approximate surface area is 119 Å². The van der Waals surface area contributed by atoms with E-state index < -0.39 is 0 Å². The van der Waals surface area contributed by atoms with Crippen LogP contribution in [0.25, 0.3) is 11.3 Å². The number of benzene rings is 1. The molecule has 1 aromatic heterocycles. The summed E-state index contributed by atoms with van der Waals surface area (Å²) >= 11 is 0. The summed E-state index contributed by atoms with van der Waals surface area (Å²) in [5.41, 5.74) is 4.10. The molecule has 1 saturated carbocycles. The van der Waals surface area contributed by atoms with Crippen molar-refractivity contribution in [3.8, 4) is 11.3 Å². The zero-order valence-corrected chi connectivity index (χ0v) is 11.9. The van der Waals surface area contributed by atoms with E-state index in [0.717, 1.165) is 29.7 Å². The molecule has 0 aliphatic heterocycles. The Kier molecular flexibility index (Phi) is 3.68. The summed E-state index contributed by atoms with van der Waals surface area (Å²) in [7, 11) is 0. The lowest BCUT2D eigenvalue weighted by atomic mass is 9.79. The fourth-order valence-corrected chi connectivity index (χ4v) is 2.84. The molecule has 3 nitrogen and oxygen atoms in total. The molecule has 3 heteroatoms. The predicted molar refractivity (Wildman–Crippen MR) is 80.9 cm³/mol. The van der Waals surface area contributed by atoms with Gasteiger partial charge in [0.2, 0.25) is 0 Å². The molecular formula is C17H20N2O. The van der Waals surface area contributed by atoms with Gasteiger partial charge in [-0.15, -0.1) is 0 Å². The topological polar surface area (TPSA) is 45.8 Å². The molecule has 0 atom stereocenters. The molecule has 0 spiro atoms. The first-order valence-corrected chi connectivity index (χ1v) is 7.46. The molecule has 1 aliphatic rings. The quantitative estimate of drug-likeness (QED) is 0.919. The minimum atomic E-state index is -0.00843. The van der Waals surface area contributed by atoms with Gasteiger partial charge in [-0.05, 0) is 36.8 Å². The molecule has 104 valence electrons. The Balaban J connectivity index is 2.04. The highest BCUT2D eigenvalue weighted by Gasteiger charge is 2.20. The van der Waals surface area contributed by atoms with Crippen molar-refractivity contribution in [2.75, 3.05) is 0 Å². The van der Waals surface area contributed by atoms with Crippen LogP contribution in [0.5, 0.6) is 0 Å². The van der Waals surface area contributed by atoms with Crippen molar-refractivity contribution in [1.82, 2.24) is 9.97 Å². The van der Waals surface area contributed by atoms with Gasteiger partial charge in [0.05, 0.1) is 12.0 Å². The molecule has 3 rings (SSSR count). The SMILES string of the molecule is CCCc1c(-c2cccc(C3CCC3)c2)nc[nH]c1=O. The van der Waals surface area contributed by atoms with Crippen LogP contribution in [0.3, 0.4) is 0 Å². The minimum absolute atomic E-state index is 0.00843. The maximum Gasteiger partial charge on any atom is 0.254 e. The highest BCUT2D eigenvalue weighted by atomic mass is 16.1. The van der Waals surface area contributed by atoms with Crippen LogP contribution in [0, 0.1) is 0 Å². The van der Waals surface area contributed by atoms with Crippen LogP contribution in [-0.4, -0.2) is 9.97 Å². The molecule has 0 unspecified atom stereocenters. The van der Waals surface area contributed by atoms with Crippen molar-refractivity contribution >= 4 is 0 Å². The Bertz CT molecular complexity index is 656. The highest BCUT2D eigenvalue weighted by Crippen LogP contribution is 2.37. The van der Waals surface area contributed by atoms with E-state index in [4.69, 9.17) is 0 Å². The average molecular weight is 268 g/mol. The fraction of sp³-hybridized carbons (Fsp3) is 0.412. The fourth-order valence-electron chi connectivity index (χ4n) is 2.84. The molecule has 0 bridgehead atoms. The van der Waals surface area contributed by atoms with E-state index in [9.17, 15) is 4.79 Å². The van der Waals surface area contributed by atoms with Crippen molar-refractivity contribution < 1.29 is 0 Å². The predicted octanol–water partition coefficient (Wildman–Crippen LogP) is 3.66. The van der Waals surface area contributed by atoms with Gasteiger partial charge < -0.3 is 4.98 Å². The van der Waals surface area contributed by atoms with Crippen LogP contribution in [-0.2, 0) is 6.42 Å². The maximum atomic E-state index is 12.0. The summed E-state index contributed by atoms with van der Waals surface area (Å²) in [6.07, 6.45) is 7.13. The van der Waals surface area contributed by atoms with Gasteiger partial charge in [0, 0.05) is 11.1 Å².